The van der Waals surface area contributed by atoms with E-state index in [1.165, 1.54) is 17.8 Å². The normalized spacial score (nSPS) is 20.1. The zero-order valence-corrected chi connectivity index (χ0v) is 10.1. The standard InChI is InChI=1S/C11H18N2OS/c1-8(7-14-2)13-10(9-3-4-9)11-12-5-6-15-11/h5-6,8-10,13H,3-4,7H2,1-2H3. The van der Waals surface area contributed by atoms with E-state index in [-0.39, 0.29) is 0 Å². The molecule has 0 spiro atoms. The predicted molar refractivity (Wildman–Crippen MR) is 62.1 cm³/mol. The molecule has 4 heteroatoms. The summed E-state index contributed by atoms with van der Waals surface area (Å²) in [7, 11) is 1.74. The van der Waals surface area contributed by atoms with Gasteiger partial charge in [-0.3, -0.25) is 0 Å². The van der Waals surface area contributed by atoms with E-state index in [4.69, 9.17) is 4.74 Å². The number of nitrogens with one attached hydrogen (secondary N) is 1. The van der Waals surface area contributed by atoms with Gasteiger partial charge >= 0.3 is 0 Å². The van der Waals surface area contributed by atoms with Gasteiger partial charge in [0, 0.05) is 24.7 Å². The molecule has 2 unspecified atom stereocenters. The molecule has 1 aromatic heterocycles. The van der Waals surface area contributed by atoms with Gasteiger partial charge in [-0.1, -0.05) is 0 Å². The van der Waals surface area contributed by atoms with Gasteiger partial charge in [-0.25, -0.2) is 4.98 Å². The molecule has 0 bridgehead atoms. The van der Waals surface area contributed by atoms with E-state index in [1.54, 1.807) is 18.4 Å². The molecule has 15 heavy (non-hydrogen) atoms. The van der Waals surface area contributed by atoms with Crippen molar-refractivity contribution in [1.82, 2.24) is 10.3 Å². The SMILES string of the molecule is COCC(C)NC(c1nccs1)C1CC1. The van der Waals surface area contributed by atoms with E-state index >= 15 is 0 Å². The first-order valence-electron chi connectivity index (χ1n) is 5.45. The van der Waals surface area contributed by atoms with Crippen LogP contribution in [0.15, 0.2) is 11.6 Å². The van der Waals surface area contributed by atoms with E-state index in [0.717, 1.165) is 12.5 Å². The summed E-state index contributed by atoms with van der Waals surface area (Å²) in [6, 6.07) is 0.833. The van der Waals surface area contributed by atoms with Gasteiger partial charge in [-0.15, -0.1) is 11.3 Å². The maximum absolute atomic E-state index is 5.14. The van der Waals surface area contributed by atoms with Crippen molar-refractivity contribution in [2.45, 2.75) is 31.8 Å². The highest BCUT2D eigenvalue weighted by Gasteiger charge is 2.34. The molecule has 0 aromatic carbocycles. The first kappa shape index (κ1) is 11.0. The van der Waals surface area contributed by atoms with Gasteiger partial charge < -0.3 is 10.1 Å². The molecule has 84 valence electrons. The van der Waals surface area contributed by atoms with Gasteiger partial charge in [-0.05, 0) is 25.7 Å². The van der Waals surface area contributed by atoms with Gasteiger partial charge in [0.1, 0.15) is 5.01 Å². The molecule has 1 saturated carbocycles. The average molecular weight is 226 g/mol. The Morgan fingerprint density at radius 1 is 1.67 bits per heavy atom. The van der Waals surface area contributed by atoms with Crippen LogP contribution in [-0.4, -0.2) is 24.7 Å². The quantitative estimate of drug-likeness (QED) is 0.807. The molecule has 1 N–H and O–H groups in total. The van der Waals surface area contributed by atoms with Gasteiger partial charge in [0.2, 0.25) is 0 Å². The summed E-state index contributed by atoms with van der Waals surface area (Å²) in [5.74, 6) is 0.787. The lowest BCUT2D eigenvalue weighted by atomic mass is 10.1. The van der Waals surface area contributed by atoms with Gasteiger partial charge in [0.15, 0.2) is 0 Å². The third kappa shape index (κ3) is 3.00. The van der Waals surface area contributed by atoms with Crippen LogP contribution in [0.4, 0.5) is 0 Å². The fraction of sp³-hybridized carbons (Fsp3) is 0.727. The summed E-state index contributed by atoms with van der Waals surface area (Å²) in [6.07, 6.45) is 4.55. The number of hydrogen-bond acceptors (Lipinski definition) is 4. The molecule has 2 rings (SSSR count). The topological polar surface area (TPSA) is 34.1 Å². The summed E-state index contributed by atoms with van der Waals surface area (Å²) in [5, 5.41) is 6.88. The molecule has 1 heterocycles. The van der Waals surface area contributed by atoms with E-state index < -0.39 is 0 Å². The second kappa shape index (κ2) is 5.05. The number of methoxy groups -OCH3 is 1. The molecular weight excluding hydrogens is 208 g/mol. The zero-order chi connectivity index (χ0) is 10.7. The zero-order valence-electron chi connectivity index (χ0n) is 9.27. The van der Waals surface area contributed by atoms with Gasteiger partial charge in [0.25, 0.3) is 0 Å². The molecular formula is C11H18N2OS. The van der Waals surface area contributed by atoms with E-state index in [2.05, 4.69) is 17.2 Å². The summed E-state index contributed by atoms with van der Waals surface area (Å²) >= 11 is 1.75. The smallest absolute Gasteiger partial charge is 0.110 e. The third-order valence-corrected chi connectivity index (χ3v) is 3.55. The number of aromatic nitrogens is 1. The highest BCUT2D eigenvalue weighted by atomic mass is 32.1. The van der Waals surface area contributed by atoms with Crippen LogP contribution in [0, 0.1) is 5.92 Å². The van der Waals surface area contributed by atoms with Gasteiger partial charge in [0.05, 0.1) is 12.6 Å². The number of nitrogens with zero attached hydrogens (tertiary/aromatic N) is 1. The van der Waals surface area contributed by atoms with Crippen molar-refractivity contribution < 1.29 is 4.74 Å². The minimum Gasteiger partial charge on any atom is -0.383 e. The minimum atomic E-state index is 0.393. The van der Waals surface area contributed by atoms with Crippen LogP contribution in [0.25, 0.3) is 0 Å². The van der Waals surface area contributed by atoms with Gasteiger partial charge in [-0.2, -0.15) is 0 Å². The molecule has 0 radical (unpaired) electrons. The second-order valence-corrected chi connectivity index (χ2v) is 5.13. The highest BCUT2D eigenvalue weighted by Crippen LogP contribution is 2.41. The van der Waals surface area contributed by atoms with E-state index in [1.807, 2.05) is 11.6 Å². The van der Waals surface area contributed by atoms with Crippen molar-refractivity contribution >= 4 is 11.3 Å². The minimum absolute atomic E-state index is 0.393. The Labute approximate surface area is 94.9 Å². The lowest BCUT2D eigenvalue weighted by molar-refractivity contribution is 0.164. The average Bonchev–Trinajstić information content (AvgIpc) is 2.90. The Hall–Kier alpha value is -0.450. The Bertz CT molecular complexity index is 285. The van der Waals surface area contributed by atoms with Crippen molar-refractivity contribution in [3.05, 3.63) is 16.6 Å². The first-order chi connectivity index (χ1) is 7.31. The van der Waals surface area contributed by atoms with Crippen molar-refractivity contribution in [3.63, 3.8) is 0 Å². The van der Waals surface area contributed by atoms with Crippen molar-refractivity contribution in [1.29, 1.82) is 0 Å². The van der Waals surface area contributed by atoms with Crippen LogP contribution >= 0.6 is 11.3 Å². The van der Waals surface area contributed by atoms with Crippen LogP contribution in [0.1, 0.15) is 30.8 Å². The molecule has 0 amide bonds. The monoisotopic (exact) mass is 226 g/mol. The molecule has 0 aliphatic heterocycles. The third-order valence-electron chi connectivity index (χ3n) is 2.69. The lowest BCUT2D eigenvalue weighted by Crippen LogP contribution is -2.34. The Balaban J connectivity index is 1.95. The van der Waals surface area contributed by atoms with Crippen molar-refractivity contribution in [2.24, 2.45) is 5.92 Å². The highest BCUT2D eigenvalue weighted by molar-refractivity contribution is 7.09. The van der Waals surface area contributed by atoms with E-state index in [9.17, 15) is 0 Å². The Kier molecular flexibility index (Phi) is 3.72. The summed E-state index contributed by atoms with van der Waals surface area (Å²) < 4.78 is 5.14. The predicted octanol–water partition coefficient (Wildman–Crippen LogP) is 2.22. The molecule has 1 aliphatic rings. The largest absolute Gasteiger partial charge is 0.383 e. The summed E-state index contributed by atoms with van der Waals surface area (Å²) in [4.78, 5) is 4.41. The van der Waals surface area contributed by atoms with Crippen LogP contribution < -0.4 is 5.32 Å². The van der Waals surface area contributed by atoms with Crippen LogP contribution in [0.3, 0.4) is 0 Å². The number of ether oxygens (including phenoxy) is 1. The fourth-order valence-corrected chi connectivity index (χ4v) is 2.62. The Morgan fingerprint density at radius 3 is 3.00 bits per heavy atom. The molecule has 1 fully saturated rings. The number of thiazole rings is 1. The molecule has 2 atom stereocenters. The fourth-order valence-electron chi connectivity index (χ4n) is 1.83. The van der Waals surface area contributed by atoms with Crippen molar-refractivity contribution in [2.75, 3.05) is 13.7 Å². The lowest BCUT2D eigenvalue weighted by Gasteiger charge is -2.20. The summed E-state index contributed by atoms with van der Waals surface area (Å²) in [6.45, 7) is 2.92. The molecule has 1 aliphatic carbocycles. The second-order valence-electron chi connectivity index (χ2n) is 4.21. The molecule has 3 nitrogen and oxygen atoms in total. The van der Waals surface area contributed by atoms with Crippen LogP contribution in [-0.2, 0) is 4.74 Å². The van der Waals surface area contributed by atoms with Crippen molar-refractivity contribution in [3.8, 4) is 0 Å². The van der Waals surface area contributed by atoms with Crippen LogP contribution in [0.2, 0.25) is 0 Å². The maximum Gasteiger partial charge on any atom is 0.110 e. The molecule has 1 aromatic rings. The Morgan fingerprint density at radius 2 is 2.47 bits per heavy atom. The first-order valence-corrected chi connectivity index (χ1v) is 6.33. The number of rotatable bonds is 6. The summed E-state index contributed by atoms with van der Waals surface area (Å²) in [5.41, 5.74) is 0. The van der Waals surface area contributed by atoms with E-state index in [0.29, 0.717) is 12.1 Å². The maximum atomic E-state index is 5.14. The molecule has 0 saturated heterocycles. The van der Waals surface area contributed by atoms with Crippen LogP contribution in [0.5, 0.6) is 0 Å². The number of hydrogen-bond donors (Lipinski definition) is 1.